The molecule has 4 heteroatoms. The number of carbonyl (C=O) groups is 1. The third-order valence-corrected chi connectivity index (χ3v) is 3.92. The lowest BCUT2D eigenvalue weighted by atomic mass is 10.1. The van der Waals surface area contributed by atoms with Gasteiger partial charge in [-0.2, -0.15) is 0 Å². The van der Waals surface area contributed by atoms with Crippen molar-refractivity contribution in [1.29, 1.82) is 0 Å². The lowest BCUT2D eigenvalue weighted by Crippen LogP contribution is -2.19. The Morgan fingerprint density at radius 3 is 1.96 bits per heavy atom. The highest BCUT2D eigenvalue weighted by atomic mass is 16.2. The molecule has 0 saturated heterocycles. The van der Waals surface area contributed by atoms with Gasteiger partial charge in [0.1, 0.15) is 0 Å². The van der Waals surface area contributed by atoms with Gasteiger partial charge in [0.25, 0.3) is 0 Å². The van der Waals surface area contributed by atoms with Crippen LogP contribution in [0.15, 0.2) is 78.9 Å². The van der Waals surface area contributed by atoms with E-state index in [9.17, 15) is 4.79 Å². The van der Waals surface area contributed by atoms with Crippen molar-refractivity contribution in [3.8, 4) is 0 Å². The molecule has 4 nitrogen and oxygen atoms in total. The van der Waals surface area contributed by atoms with Gasteiger partial charge in [0.05, 0.1) is 0 Å². The molecule has 0 atom stereocenters. The van der Waals surface area contributed by atoms with E-state index in [1.54, 1.807) is 0 Å². The second kappa shape index (κ2) is 8.02. The molecule has 2 amide bonds. The standard InChI is InChI=1S/C21H21N3O/c1-16-7-5-6-8-17(16)15-22-18-11-13-20(14-12-18)24-21(25)23-19-9-3-2-4-10-19/h2-14,22H,15H2,1H3,(H2,23,24,25). The molecule has 3 N–H and O–H groups in total. The van der Waals surface area contributed by atoms with Gasteiger partial charge >= 0.3 is 6.03 Å². The fraction of sp³-hybridized carbons (Fsp3) is 0.0952. The van der Waals surface area contributed by atoms with Gasteiger partial charge < -0.3 is 16.0 Å². The molecule has 3 aromatic carbocycles. The molecule has 0 heterocycles. The van der Waals surface area contributed by atoms with Crippen LogP contribution in [0.1, 0.15) is 11.1 Å². The fourth-order valence-corrected chi connectivity index (χ4v) is 2.49. The predicted octanol–water partition coefficient (Wildman–Crippen LogP) is 5.25. The Kier molecular flexibility index (Phi) is 5.32. The Morgan fingerprint density at radius 1 is 0.720 bits per heavy atom. The van der Waals surface area contributed by atoms with E-state index in [4.69, 9.17) is 0 Å². The Balaban J connectivity index is 1.53. The lowest BCUT2D eigenvalue weighted by Gasteiger charge is -2.11. The monoisotopic (exact) mass is 331 g/mol. The van der Waals surface area contributed by atoms with Gasteiger partial charge in [0, 0.05) is 23.6 Å². The van der Waals surface area contributed by atoms with Crippen molar-refractivity contribution < 1.29 is 4.79 Å². The van der Waals surface area contributed by atoms with E-state index in [-0.39, 0.29) is 6.03 Å². The quantitative estimate of drug-likeness (QED) is 0.598. The number of para-hydroxylation sites is 1. The van der Waals surface area contributed by atoms with Crippen molar-refractivity contribution in [1.82, 2.24) is 0 Å². The van der Waals surface area contributed by atoms with E-state index in [0.717, 1.165) is 23.6 Å². The van der Waals surface area contributed by atoms with E-state index < -0.39 is 0 Å². The molecule has 0 saturated carbocycles. The van der Waals surface area contributed by atoms with Gasteiger partial charge in [0.2, 0.25) is 0 Å². The number of carbonyl (C=O) groups excluding carboxylic acids is 1. The summed E-state index contributed by atoms with van der Waals surface area (Å²) >= 11 is 0. The highest BCUT2D eigenvalue weighted by Crippen LogP contribution is 2.16. The maximum Gasteiger partial charge on any atom is 0.323 e. The van der Waals surface area contributed by atoms with Gasteiger partial charge in [0.15, 0.2) is 0 Å². The number of urea groups is 1. The number of hydrogen-bond acceptors (Lipinski definition) is 2. The summed E-state index contributed by atoms with van der Waals surface area (Å²) in [5.74, 6) is 0. The van der Waals surface area contributed by atoms with Gasteiger partial charge in [-0.3, -0.25) is 0 Å². The zero-order valence-corrected chi connectivity index (χ0v) is 14.1. The van der Waals surface area contributed by atoms with Crippen LogP contribution in [0, 0.1) is 6.92 Å². The molecule has 0 radical (unpaired) electrons. The molecule has 0 unspecified atom stereocenters. The third kappa shape index (κ3) is 4.85. The SMILES string of the molecule is Cc1ccccc1CNc1ccc(NC(=O)Nc2ccccc2)cc1. The fourth-order valence-electron chi connectivity index (χ4n) is 2.49. The molecular weight excluding hydrogens is 310 g/mol. The molecule has 126 valence electrons. The maximum atomic E-state index is 12.0. The molecule has 3 rings (SSSR count). The predicted molar refractivity (Wildman–Crippen MR) is 104 cm³/mol. The van der Waals surface area contributed by atoms with E-state index in [0.29, 0.717) is 0 Å². The molecule has 3 aromatic rings. The Hall–Kier alpha value is -3.27. The van der Waals surface area contributed by atoms with Gasteiger partial charge in [-0.15, -0.1) is 0 Å². The number of amides is 2. The zero-order chi connectivity index (χ0) is 17.5. The number of aryl methyl sites for hydroxylation is 1. The summed E-state index contributed by atoms with van der Waals surface area (Å²) in [5.41, 5.74) is 5.06. The third-order valence-electron chi connectivity index (χ3n) is 3.92. The van der Waals surface area contributed by atoms with E-state index in [2.05, 4.69) is 35.0 Å². The Morgan fingerprint density at radius 2 is 1.28 bits per heavy atom. The minimum Gasteiger partial charge on any atom is -0.381 e. The molecule has 0 aliphatic carbocycles. The Labute approximate surface area is 147 Å². The summed E-state index contributed by atoms with van der Waals surface area (Å²) in [4.78, 5) is 12.0. The van der Waals surface area contributed by atoms with Crippen LogP contribution in [0.3, 0.4) is 0 Å². The van der Waals surface area contributed by atoms with E-state index in [1.807, 2.05) is 66.7 Å². The van der Waals surface area contributed by atoms with Crippen molar-refractivity contribution in [3.63, 3.8) is 0 Å². The first-order valence-electron chi connectivity index (χ1n) is 8.22. The number of hydrogen-bond donors (Lipinski definition) is 3. The average Bonchev–Trinajstić information content (AvgIpc) is 2.63. The number of rotatable bonds is 5. The minimum atomic E-state index is -0.258. The van der Waals surface area contributed by atoms with Crippen molar-refractivity contribution in [2.24, 2.45) is 0 Å². The van der Waals surface area contributed by atoms with Crippen molar-refractivity contribution in [2.75, 3.05) is 16.0 Å². The van der Waals surface area contributed by atoms with Crippen LogP contribution in [-0.2, 0) is 6.54 Å². The largest absolute Gasteiger partial charge is 0.381 e. The normalized spacial score (nSPS) is 10.1. The maximum absolute atomic E-state index is 12.0. The highest BCUT2D eigenvalue weighted by Gasteiger charge is 2.03. The summed E-state index contributed by atoms with van der Waals surface area (Å²) in [6.07, 6.45) is 0. The van der Waals surface area contributed by atoms with Crippen LogP contribution in [0.4, 0.5) is 21.9 Å². The van der Waals surface area contributed by atoms with Gasteiger partial charge in [-0.1, -0.05) is 42.5 Å². The first-order chi connectivity index (χ1) is 12.2. The molecule has 0 aliphatic rings. The smallest absolute Gasteiger partial charge is 0.323 e. The van der Waals surface area contributed by atoms with Crippen molar-refractivity contribution in [3.05, 3.63) is 90.0 Å². The van der Waals surface area contributed by atoms with Crippen LogP contribution < -0.4 is 16.0 Å². The van der Waals surface area contributed by atoms with Gasteiger partial charge in [-0.05, 0) is 54.4 Å². The molecule has 0 fully saturated rings. The van der Waals surface area contributed by atoms with Crippen LogP contribution in [0.2, 0.25) is 0 Å². The van der Waals surface area contributed by atoms with Crippen LogP contribution >= 0.6 is 0 Å². The highest BCUT2D eigenvalue weighted by molar-refractivity contribution is 5.99. The second-order valence-corrected chi connectivity index (χ2v) is 5.80. The molecule has 0 aliphatic heterocycles. The van der Waals surface area contributed by atoms with E-state index in [1.165, 1.54) is 11.1 Å². The summed E-state index contributed by atoms with van der Waals surface area (Å²) in [5, 5.41) is 9.01. The summed E-state index contributed by atoms with van der Waals surface area (Å²) in [7, 11) is 0. The Bertz CT molecular complexity index is 829. The molecular formula is C21H21N3O. The second-order valence-electron chi connectivity index (χ2n) is 5.80. The lowest BCUT2D eigenvalue weighted by molar-refractivity contribution is 0.262. The first kappa shape index (κ1) is 16.6. The number of anilines is 3. The van der Waals surface area contributed by atoms with Crippen LogP contribution in [0.5, 0.6) is 0 Å². The molecule has 0 bridgehead atoms. The van der Waals surface area contributed by atoms with Crippen molar-refractivity contribution >= 4 is 23.1 Å². The van der Waals surface area contributed by atoms with Gasteiger partial charge in [-0.25, -0.2) is 4.79 Å². The zero-order valence-electron chi connectivity index (χ0n) is 14.1. The number of benzene rings is 3. The molecule has 25 heavy (non-hydrogen) atoms. The van der Waals surface area contributed by atoms with Crippen LogP contribution in [0.25, 0.3) is 0 Å². The summed E-state index contributed by atoms with van der Waals surface area (Å²) in [6.45, 7) is 2.88. The van der Waals surface area contributed by atoms with Crippen LogP contribution in [-0.4, -0.2) is 6.03 Å². The topological polar surface area (TPSA) is 53.2 Å². The van der Waals surface area contributed by atoms with E-state index >= 15 is 0 Å². The average molecular weight is 331 g/mol. The first-order valence-corrected chi connectivity index (χ1v) is 8.22. The number of nitrogens with one attached hydrogen (secondary N) is 3. The summed E-state index contributed by atoms with van der Waals surface area (Å²) in [6, 6.07) is 25.1. The molecule has 0 spiro atoms. The summed E-state index contributed by atoms with van der Waals surface area (Å²) < 4.78 is 0. The molecule has 0 aromatic heterocycles. The van der Waals surface area contributed by atoms with Crippen molar-refractivity contribution in [2.45, 2.75) is 13.5 Å². The minimum absolute atomic E-state index is 0.258.